The van der Waals surface area contributed by atoms with E-state index in [2.05, 4.69) is 15.1 Å². The van der Waals surface area contributed by atoms with Crippen LogP contribution in [0, 0.1) is 5.92 Å². The molecule has 0 aromatic carbocycles. The first kappa shape index (κ1) is 14.8. The lowest BCUT2D eigenvalue weighted by Gasteiger charge is -2.43. The fourth-order valence-corrected chi connectivity index (χ4v) is 4.44. The molecule has 2 atom stereocenters. The van der Waals surface area contributed by atoms with Gasteiger partial charge in [0.15, 0.2) is 0 Å². The third-order valence-corrected chi connectivity index (χ3v) is 5.64. The van der Waals surface area contributed by atoms with Crippen molar-refractivity contribution in [3.63, 3.8) is 0 Å². The van der Waals surface area contributed by atoms with E-state index in [-0.39, 0.29) is 0 Å². The van der Waals surface area contributed by atoms with E-state index < -0.39 is 0 Å². The van der Waals surface area contributed by atoms with Crippen LogP contribution in [0.3, 0.4) is 0 Å². The molecule has 2 unspecified atom stereocenters. The van der Waals surface area contributed by atoms with Gasteiger partial charge in [-0.3, -0.25) is 4.90 Å². The van der Waals surface area contributed by atoms with E-state index in [0.717, 1.165) is 12.0 Å². The molecule has 0 saturated carbocycles. The SMILES string of the molecule is C1CCCN(CC2CCNCC2N2CCCCC2)CC1. The van der Waals surface area contributed by atoms with Gasteiger partial charge in [-0.15, -0.1) is 0 Å². The number of rotatable bonds is 3. The molecule has 0 aromatic heterocycles. The van der Waals surface area contributed by atoms with Crippen LogP contribution >= 0.6 is 0 Å². The quantitative estimate of drug-likeness (QED) is 0.855. The Morgan fingerprint density at radius 3 is 2.20 bits per heavy atom. The summed E-state index contributed by atoms with van der Waals surface area (Å²) >= 11 is 0. The van der Waals surface area contributed by atoms with E-state index >= 15 is 0 Å². The normalized spacial score (nSPS) is 34.8. The summed E-state index contributed by atoms with van der Waals surface area (Å²) in [6.45, 7) is 9.25. The minimum atomic E-state index is 0.812. The van der Waals surface area contributed by atoms with Gasteiger partial charge in [-0.25, -0.2) is 0 Å². The lowest BCUT2D eigenvalue weighted by Crippen LogP contribution is -2.55. The molecule has 3 rings (SSSR count). The van der Waals surface area contributed by atoms with E-state index in [1.807, 2.05) is 0 Å². The number of nitrogens with one attached hydrogen (secondary N) is 1. The summed E-state index contributed by atoms with van der Waals surface area (Å²) in [5.74, 6) is 0.910. The van der Waals surface area contributed by atoms with Crippen molar-refractivity contribution in [2.24, 2.45) is 5.92 Å². The highest BCUT2D eigenvalue weighted by molar-refractivity contribution is 4.88. The van der Waals surface area contributed by atoms with E-state index in [1.165, 1.54) is 97.2 Å². The van der Waals surface area contributed by atoms with Crippen LogP contribution in [0.25, 0.3) is 0 Å². The standard InChI is InChI=1S/C17H33N3/c1-2-5-11-19(10-4-1)15-16-8-9-18-14-17(16)20-12-6-3-7-13-20/h16-18H,1-15H2. The number of nitrogens with zero attached hydrogens (tertiary/aromatic N) is 2. The third kappa shape index (κ3) is 3.96. The zero-order chi connectivity index (χ0) is 13.6. The molecule has 0 bridgehead atoms. The zero-order valence-electron chi connectivity index (χ0n) is 13.2. The van der Waals surface area contributed by atoms with Crippen LogP contribution < -0.4 is 5.32 Å². The van der Waals surface area contributed by atoms with Crippen LogP contribution in [0.4, 0.5) is 0 Å². The van der Waals surface area contributed by atoms with Crippen molar-refractivity contribution < 1.29 is 0 Å². The maximum absolute atomic E-state index is 3.65. The molecule has 3 aliphatic rings. The molecule has 20 heavy (non-hydrogen) atoms. The van der Waals surface area contributed by atoms with E-state index in [9.17, 15) is 0 Å². The summed E-state index contributed by atoms with van der Waals surface area (Å²) in [7, 11) is 0. The van der Waals surface area contributed by atoms with Crippen molar-refractivity contribution in [1.29, 1.82) is 0 Å². The number of piperidine rings is 2. The zero-order valence-corrected chi connectivity index (χ0v) is 13.2. The Labute approximate surface area is 125 Å². The third-order valence-electron chi connectivity index (χ3n) is 5.64. The Hall–Kier alpha value is -0.120. The average molecular weight is 279 g/mol. The predicted molar refractivity (Wildman–Crippen MR) is 85.1 cm³/mol. The monoisotopic (exact) mass is 279 g/mol. The fourth-order valence-electron chi connectivity index (χ4n) is 4.44. The molecule has 0 aromatic rings. The summed E-state index contributed by atoms with van der Waals surface area (Å²) in [5.41, 5.74) is 0. The summed E-state index contributed by atoms with van der Waals surface area (Å²) in [4.78, 5) is 5.58. The molecule has 1 N–H and O–H groups in total. The number of likely N-dealkylation sites (tertiary alicyclic amines) is 2. The van der Waals surface area contributed by atoms with Gasteiger partial charge in [0, 0.05) is 19.1 Å². The van der Waals surface area contributed by atoms with Crippen molar-refractivity contribution in [3.8, 4) is 0 Å². The molecule has 116 valence electrons. The average Bonchev–Trinajstić information content (AvgIpc) is 2.77. The lowest BCUT2D eigenvalue weighted by atomic mass is 9.89. The van der Waals surface area contributed by atoms with Gasteiger partial charge in [0.2, 0.25) is 0 Å². The summed E-state index contributed by atoms with van der Waals surface area (Å²) in [6.07, 6.45) is 11.5. The second-order valence-electron chi connectivity index (χ2n) is 7.13. The van der Waals surface area contributed by atoms with Gasteiger partial charge in [0.25, 0.3) is 0 Å². The van der Waals surface area contributed by atoms with Gasteiger partial charge in [-0.2, -0.15) is 0 Å². The minimum Gasteiger partial charge on any atom is -0.315 e. The largest absolute Gasteiger partial charge is 0.315 e. The molecule has 0 spiro atoms. The number of hydrogen-bond acceptors (Lipinski definition) is 3. The Kier molecular flexibility index (Phi) is 5.75. The second-order valence-corrected chi connectivity index (χ2v) is 7.13. The van der Waals surface area contributed by atoms with Crippen LogP contribution in [0.5, 0.6) is 0 Å². The van der Waals surface area contributed by atoms with E-state index in [4.69, 9.17) is 0 Å². The Morgan fingerprint density at radius 2 is 1.45 bits per heavy atom. The predicted octanol–water partition coefficient (Wildman–Crippen LogP) is 2.33. The van der Waals surface area contributed by atoms with Gasteiger partial charge in [-0.05, 0) is 70.7 Å². The summed E-state index contributed by atoms with van der Waals surface area (Å²) < 4.78 is 0. The maximum atomic E-state index is 3.65. The van der Waals surface area contributed by atoms with Crippen LogP contribution in [0.1, 0.15) is 51.4 Å². The highest BCUT2D eigenvalue weighted by atomic mass is 15.2. The number of hydrogen-bond donors (Lipinski definition) is 1. The fraction of sp³-hybridized carbons (Fsp3) is 1.00. The highest BCUT2D eigenvalue weighted by Gasteiger charge is 2.31. The second kappa shape index (κ2) is 7.77. The molecule has 3 aliphatic heterocycles. The molecule has 0 aliphatic carbocycles. The molecular formula is C17H33N3. The van der Waals surface area contributed by atoms with Crippen molar-refractivity contribution >= 4 is 0 Å². The molecule has 3 saturated heterocycles. The van der Waals surface area contributed by atoms with Gasteiger partial charge < -0.3 is 10.2 Å². The smallest absolute Gasteiger partial charge is 0.0261 e. The highest BCUT2D eigenvalue weighted by Crippen LogP contribution is 2.24. The van der Waals surface area contributed by atoms with Gasteiger partial charge in [-0.1, -0.05) is 19.3 Å². The van der Waals surface area contributed by atoms with Gasteiger partial charge in [0.05, 0.1) is 0 Å². The van der Waals surface area contributed by atoms with Crippen LogP contribution in [0.15, 0.2) is 0 Å². The van der Waals surface area contributed by atoms with Crippen LogP contribution in [-0.2, 0) is 0 Å². The molecule has 3 heteroatoms. The topological polar surface area (TPSA) is 18.5 Å². The first-order valence-corrected chi connectivity index (χ1v) is 9.10. The van der Waals surface area contributed by atoms with Crippen molar-refractivity contribution in [2.75, 3.05) is 45.8 Å². The lowest BCUT2D eigenvalue weighted by molar-refractivity contribution is 0.0721. The van der Waals surface area contributed by atoms with Crippen LogP contribution in [-0.4, -0.2) is 61.7 Å². The van der Waals surface area contributed by atoms with Crippen LogP contribution in [0.2, 0.25) is 0 Å². The Morgan fingerprint density at radius 1 is 0.800 bits per heavy atom. The first-order valence-electron chi connectivity index (χ1n) is 9.10. The van der Waals surface area contributed by atoms with Crippen molar-refractivity contribution in [3.05, 3.63) is 0 Å². The molecule has 3 nitrogen and oxygen atoms in total. The Balaban J connectivity index is 1.56. The van der Waals surface area contributed by atoms with Gasteiger partial charge in [0.1, 0.15) is 0 Å². The molecule has 0 radical (unpaired) electrons. The molecule has 3 fully saturated rings. The Bertz CT molecular complexity index is 267. The molecule has 0 amide bonds. The maximum Gasteiger partial charge on any atom is 0.0261 e. The molecular weight excluding hydrogens is 246 g/mol. The summed E-state index contributed by atoms with van der Waals surface area (Å²) in [5, 5.41) is 3.65. The first-order chi connectivity index (χ1) is 9.93. The molecule has 3 heterocycles. The summed E-state index contributed by atoms with van der Waals surface area (Å²) in [6, 6.07) is 0.812. The van der Waals surface area contributed by atoms with E-state index in [0.29, 0.717) is 0 Å². The van der Waals surface area contributed by atoms with Crippen molar-refractivity contribution in [1.82, 2.24) is 15.1 Å². The van der Waals surface area contributed by atoms with Gasteiger partial charge >= 0.3 is 0 Å². The minimum absolute atomic E-state index is 0.812. The van der Waals surface area contributed by atoms with Crippen molar-refractivity contribution in [2.45, 2.75) is 57.4 Å². The van der Waals surface area contributed by atoms with E-state index in [1.54, 1.807) is 0 Å².